The topological polar surface area (TPSA) is 55.5 Å². The van der Waals surface area contributed by atoms with Crippen molar-refractivity contribution in [2.75, 3.05) is 13.7 Å². The van der Waals surface area contributed by atoms with Crippen LogP contribution in [0, 0.1) is 5.82 Å². The summed E-state index contributed by atoms with van der Waals surface area (Å²) >= 11 is 0. The van der Waals surface area contributed by atoms with Gasteiger partial charge in [0.1, 0.15) is 0 Å². The Labute approximate surface area is 95.0 Å². The van der Waals surface area contributed by atoms with Gasteiger partial charge in [0.25, 0.3) is 0 Å². The number of hydrogen-bond acceptors (Lipinski definition) is 3. The zero-order chi connectivity index (χ0) is 12.2. The average Bonchev–Trinajstić information content (AvgIpc) is 2.21. The number of benzene rings is 1. The quantitative estimate of drug-likeness (QED) is 0.801. The maximum Gasteiger partial charge on any atom is 0.168 e. The molecule has 0 bridgehead atoms. The van der Waals surface area contributed by atoms with Crippen LogP contribution in [0.5, 0.6) is 5.75 Å². The van der Waals surface area contributed by atoms with E-state index in [9.17, 15) is 9.50 Å². The average molecular weight is 227 g/mol. The van der Waals surface area contributed by atoms with Crippen molar-refractivity contribution < 1.29 is 14.2 Å². The Morgan fingerprint density at radius 1 is 1.50 bits per heavy atom. The smallest absolute Gasteiger partial charge is 0.168 e. The van der Waals surface area contributed by atoms with Gasteiger partial charge in [0.05, 0.1) is 12.7 Å². The minimum Gasteiger partial charge on any atom is -0.494 e. The first-order valence-corrected chi connectivity index (χ1v) is 5.24. The normalized spacial score (nSPS) is 14.6. The van der Waals surface area contributed by atoms with Gasteiger partial charge in [0, 0.05) is 6.42 Å². The van der Waals surface area contributed by atoms with E-state index >= 15 is 0 Å². The van der Waals surface area contributed by atoms with Gasteiger partial charge in [-0.2, -0.15) is 0 Å². The van der Waals surface area contributed by atoms with Crippen LogP contribution in [0.15, 0.2) is 18.2 Å². The van der Waals surface area contributed by atoms with Crippen LogP contribution in [0.2, 0.25) is 0 Å². The lowest BCUT2D eigenvalue weighted by Gasteiger charge is -2.23. The van der Waals surface area contributed by atoms with Crippen LogP contribution in [0.3, 0.4) is 0 Å². The SMILES string of the molecule is COc1cccc(CC(C)(O)CCN)c1F. The molecule has 0 amide bonds. The molecule has 1 atom stereocenters. The maximum atomic E-state index is 13.8. The van der Waals surface area contributed by atoms with E-state index in [4.69, 9.17) is 10.5 Å². The minimum atomic E-state index is -0.984. The molecule has 4 heteroatoms. The summed E-state index contributed by atoms with van der Waals surface area (Å²) in [5, 5.41) is 9.97. The Kier molecular flexibility index (Phi) is 4.26. The summed E-state index contributed by atoms with van der Waals surface area (Å²) in [6, 6.07) is 4.90. The molecule has 1 aromatic carbocycles. The zero-order valence-corrected chi connectivity index (χ0v) is 9.66. The van der Waals surface area contributed by atoms with Gasteiger partial charge in [0.2, 0.25) is 0 Å². The predicted octanol–water partition coefficient (Wildman–Crippen LogP) is 1.48. The lowest BCUT2D eigenvalue weighted by Crippen LogP contribution is -2.30. The monoisotopic (exact) mass is 227 g/mol. The molecular weight excluding hydrogens is 209 g/mol. The molecule has 0 aromatic heterocycles. The van der Waals surface area contributed by atoms with Crippen molar-refractivity contribution in [2.24, 2.45) is 5.73 Å². The lowest BCUT2D eigenvalue weighted by molar-refractivity contribution is 0.0529. The summed E-state index contributed by atoms with van der Waals surface area (Å²) in [4.78, 5) is 0. The molecule has 0 heterocycles. The van der Waals surface area contributed by atoms with E-state index in [-0.39, 0.29) is 12.2 Å². The Morgan fingerprint density at radius 2 is 2.19 bits per heavy atom. The Balaban J connectivity index is 2.89. The summed E-state index contributed by atoms with van der Waals surface area (Å²) in [6.45, 7) is 2.03. The van der Waals surface area contributed by atoms with Crippen LogP contribution in [-0.2, 0) is 6.42 Å². The van der Waals surface area contributed by atoms with Gasteiger partial charge in [-0.25, -0.2) is 4.39 Å². The van der Waals surface area contributed by atoms with E-state index in [1.165, 1.54) is 7.11 Å². The van der Waals surface area contributed by atoms with E-state index in [1.54, 1.807) is 25.1 Å². The molecule has 0 saturated carbocycles. The Morgan fingerprint density at radius 3 is 2.75 bits per heavy atom. The molecular formula is C12H18FNO2. The summed E-state index contributed by atoms with van der Waals surface area (Å²) in [5.74, 6) is -0.219. The number of rotatable bonds is 5. The first kappa shape index (κ1) is 12.9. The van der Waals surface area contributed by atoms with Crippen molar-refractivity contribution >= 4 is 0 Å². The zero-order valence-electron chi connectivity index (χ0n) is 9.66. The molecule has 90 valence electrons. The molecule has 16 heavy (non-hydrogen) atoms. The highest BCUT2D eigenvalue weighted by Crippen LogP contribution is 2.24. The van der Waals surface area contributed by atoms with Crippen molar-refractivity contribution in [2.45, 2.75) is 25.4 Å². The predicted molar refractivity (Wildman–Crippen MR) is 61.0 cm³/mol. The number of nitrogens with two attached hydrogens (primary N) is 1. The summed E-state index contributed by atoms with van der Waals surface area (Å²) in [6.07, 6.45) is 0.664. The van der Waals surface area contributed by atoms with Crippen molar-refractivity contribution in [3.8, 4) is 5.75 Å². The molecule has 3 nitrogen and oxygen atoms in total. The molecule has 0 radical (unpaired) electrons. The highest BCUT2D eigenvalue weighted by molar-refractivity contribution is 5.31. The minimum absolute atomic E-state index is 0.195. The third kappa shape index (κ3) is 3.18. The van der Waals surface area contributed by atoms with Crippen molar-refractivity contribution in [3.05, 3.63) is 29.6 Å². The van der Waals surface area contributed by atoms with Crippen LogP contribution in [0.1, 0.15) is 18.9 Å². The number of hydrogen-bond donors (Lipinski definition) is 2. The number of halogens is 1. The van der Waals surface area contributed by atoms with Gasteiger partial charge >= 0.3 is 0 Å². The number of aliphatic hydroxyl groups is 1. The highest BCUT2D eigenvalue weighted by Gasteiger charge is 2.22. The van der Waals surface area contributed by atoms with Crippen molar-refractivity contribution in [1.82, 2.24) is 0 Å². The fourth-order valence-electron chi connectivity index (χ4n) is 1.66. The van der Waals surface area contributed by atoms with Crippen LogP contribution in [0.4, 0.5) is 4.39 Å². The van der Waals surface area contributed by atoms with Gasteiger partial charge < -0.3 is 15.6 Å². The molecule has 1 unspecified atom stereocenters. The molecule has 0 saturated heterocycles. The fraction of sp³-hybridized carbons (Fsp3) is 0.500. The van der Waals surface area contributed by atoms with Gasteiger partial charge in [0.15, 0.2) is 11.6 Å². The molecule has 0 spiro atoms. The van der Waals surface area contributed by atoms with Crippen LogP contribution >= 0.6 is 0 Å². The van der Waals surface area contributed by atoms with Gasteiger partial charge in [-0.05, 0) is 31.5 Å². The van der Waals surface area contributed by atoms with Crippen molar-refractivity contribution in [3.63, 3.8) is 0 Å². The van der Waals surface area contributed by atoms with Gasteiger partial charge in [-0.3, -0.25) is 0 Å². The standard InChI is InChI=1S/C12H18FNO2/c1-12(15,6-7-14)8-9-4-3-5-10(16-2)11(9)13/h3-5,15H,6-8,14H2,1-2H3. The first-order valence-electron chi connectivity index (χ1n) is 5.24. The van der Waals surface area contributed by atoms with Crippen LogP contribution in [0.25, 0.3) is 0 Å². The Bertz CT molecular complexity index is 353. The second-order valence-corrected chi connectivity index (χ2v) is 4.15. The second-order valence-electron chi connectivity index (χ2n) is 4.15. The second kappa shape index (κ2) is 5.27. The summed E-state index contributed by atoms with van der Waals surface area (Å²) < 4.78 is 18.7. The van der Waals surface area contributed by atoms with E-state index in [2.05, 4.69) is 0 Å². The number of methoxy groups -OCH3 is 1. The lowest BCUT2D eigenvalue weighted by atomic mass is 9.93. The van der Waals surface area contributed by atoms with Crippen molar-refractivity contribution in [1.29, 1.82) is 0 Å². The fourth-order valence-corrected chi connectivity index (χ4v) is 1.66. The van der Waals surface area contributed by atoms with E-state index in [0.29, 0.717) is 18.5 Å². The maximum absolute atomic E-state index is 13.8. The highest BCUT2D eigenvalue weighted by atomic mass is 19.1. The number of ether oxygens (including phenoxy) is 1. The largest absolute Gasteiger partial charge is 0.494 e. The molecule has 3 N–H and O–H groups in total. The molecule has 0 aliphatic heterocycles. The third-order valence-electron chi connectivity index (χ3n) is 2.52. The molecule has 1 aromatic rings. The van der Waals surface area contributed by atoms with Crippen LogP contribution < -0.4 is 10.5 Å². The molecule has 0 aliphatic carbocycles. The molecule has 1 rings (SSSR count). The summed E-state index contributed by atoms with van der Waals surface area (Å²) in [7, 11) is 1.42. The van der Waals surface area contributed by atoms with E-state index < -0.39 is 11.4 Å². The Hall–Kier alpha value is -1.13. The molecule has 0 fully saturated rings. The third-order valence-corrected chi connectivity index (χ3v) is 2.52. The van der Waals surface area contributed by atoms with E-state index in [0.717, 1.165) is 0 Å². The van der Waals surface area contributed by atoms with Crippen LogP contribution in [-0.4, -0.2) is 24.4 Å². The summed E-state index contributed by atoms with van der Waals surface area (Å²) in [5.41, 5.74) is 4.84. The van der Waals surface area contributed by atoms with Gasteiger partial charge in [-0.1, -0.05) is 12.1 Å². The van der Waals surface area contributed by atoms with Gasteiger partial charge in [-0.15, -0.1) is 0 Å². The first-order chi connectivity index (χ1) is 7.50. The molecule has 0 aliphatic rings. The van der Waals surface area contributed by atoms with E-state index in [1.807, 2.05) is 0 Å².